The SMILES string of the molecule is CC(CCCO)NCc1ccc(C(C)(C)C)s1. The quantitative estimate of drug-likeness (QED) is 0.817. The fourth-order valence-corrected chi connectivity index (χ4v) is 2.67. The van der Waals surface area contributed by atoms with E-state index < -0.39 is 0 Å². The summed E-state index contributed by atoms with van der Waals surface area (Å²) in [6.07, 6.45) is 1.92. The van der Waals surface area contributed by atoms with Crippen LogP contribution in [-0.4, -0.2) is 17.8 Å². The first-order valence-corrected chi connectivity index (χ1v) is 7.18. The van der Waals surface area contributed by atoms with Gasteiger partial charge in [-0.2, -0.15) is 0 Å². The van der Waals surface area contributed by atoms with Gasteiger partial charge in [-0.05, 0) is 37.3 Å². The van der Waals surface area contributed by atoms with E-state index in [1.165, 1.54) is 9.75 Å². The standard InChI is InChI=1S/C14H25NOS/c1-11(6-5-9-16)15-10-12-7-8-13(17-12)14(2,3)4/h7-8,11,15-16H,5-6,9-10H2,1-4H3. The highest BCUT2D eigenvalue weighted by Gasteiger charge is 2.15. The molecule has 0 saturated heterocycles. The number of rotatable bonds is 6. The zero-order valence-electron chi connectivity index (χ0n) is 11.4. The molecule has 2 nitrogen and oxygen atoms in total. The molecule has 0 aliphatic rings. The molecule has 1 aromatic heterocycles. The molecule has 0 fully saturated rings. The Kier molecular flexibility index (Phi) is 5.63. The lowest BCUT2D eigenvalue weighted by atomic mass is 9.95. The van der Waals surface area contributed by atoms with Gasteiger partial charge in [0, 0.05) is 28.9 Å². The van der Waals surface area contributed by atoms with E-state index in [1.54, 1.807) is 0 Å². The summed E-state index contributed by atoms with van der Waals surface area (Å²) in [6, 6.07) is 4.93. The monoisotopic (exact) mass is 255 g/mol. The van der Waals surface area contributed by atoms with Crippen molar-refractivity contribution >= 4 is 11.3 Å². The van der Waals surface area contributed by atoms with Crippen molar-refractivity contribution in [3.63, 3.8) is 0 Å². The van der Waals surface area contributed by atoms with E-state index in [1.807, 2.05) is 11.3 Å². The summed E-state index contributed by atoms with van der Waals surface area (Å²) in [4.78, 5) is 2.84. The number of hydrogen-bond acceptors (Lipinski definition) is 3. The second-order valence-corrected chi connectivity index (χ2v) is 6.83. The van der Waals surface area contributed by atoms with Crippen molar-refractivity contribution in [1.82, 2.24) is 5.32 Å². The van der Waals surface area contributed by atoms with Crippen LogP contribution in [0.2, 0.25) is 0 Å². The number of hydrogen-bond donors (Lipinski definition) is 2. The van der Waals surface area contributed by atoms with Crippen molar-refractivity contribution in [2.75, 3.05) is 6.61 Å². The summed E-state index contributed by atoms with van der Waals surface area (Å²) < 4.78 is 0. The van der Waals surface area contributed by atoms with Crippen molar-refractivity contribution in [1.29, 1.82) is 0 Å². The molecule has 0 aliphatic heterocycles. The van der Waals surface area contributed by atoms with Gasteiger partial charge in [0.15, 0.2) is 0 Å². The minimum atomic E-state index is 0.255. The maximum atomic E-state index is 8.77. The van der Waals surface area contributed by atoms with Crippen molar-refractivity contribution < 1.29 is 5.11 Å². The molecular formula is C14H25NOS. The lowest BCUT2D eigenvalue weighted by Gasteiger charge is -2.15. The van der Waals surface area contributed by atoms with Crippen molar-refractivity contribution in [3.8, 4) is 0 Å². The van der Waals surface area contributed by atoms with Gasteiger partial charge in [0.1, 0.15) is 0 Å². The van der Waals surface area contributed by atoms with Crippen LogP contribution in [0.5, 0.6) is 0 Å². The lowest BCUT2D eigenvalue weighted by Crippen LogP contribution is -2.25. The molecule has 0 aliphatic carbocycles. The number of aliphatic hydroxyl groups is 1. The smallest absolute Gasteiger partial charge is 0.0431 e. The van der Waals surface area contributed by atoms with Crippen LogP contribution in [0.15, 0.2) is 12.1 Å². The Morgan fingerprint density at radius 2 is 2.06 bits per heavy atom. The molecule has 1 heterocycles. The van der Waals surface area contributed by atoms with Crippen LogP contribution < -0.4 is 5.32 Å². The molecule has 0 saturated carbocycles. The van der Waals surface area contributed by atoms with Crippen LogP contribution >= 0.6 is 11.3 Å². The second-order valence-electron chi connectivity index (χ2n) is 5.66. The van der Waals surface area contributed by atoms with E-state index in [0.29, 0.717) is 12.6 Å². The molecule has 3 heteroatoms. The van der Waals surface area contributed by atoms with Crippen LogP contribution in [-0.2, 0) is 12.0 Å². The highest BCUT2D eigenvalue weighted by atomic mass is 32.1. The van der Waals surface area contributed by atoms with E-state index >= 15 is 0 Å². The molecule has 0 spiro atoms. The van der Waals surface area contributed by atoms with Gasteiger partial charge >= 0.3 is 0 Å². The molecule has 0 amide bonds. The molecule has 2 N–H and O–H groups in total. The first-order valence-electron chi connectivity index (χ1n) is 6.37. The maximum absolute atomic E-state index is 8.77. The molecular weight excluding hydrogens is 230 g/mol. The largest absolute Gasteiger partial charge is 0.396 e. The molecule has 98 valence electrons. The van der Waals surface area contributed by atoms with Crippen LogP contribution in [0, 0.1) is 0 Å². The Morgan fingerprint density at radius 1 is 1.35 bits per heavy atom. The summed E-state index contributed by atoms with van der Waals surface area (Å²) in [7, 11) is 0. The number of thiophene rings is 1. The fourth-order valence-electron chi connectivity index (χ4n) is 1.65. The Labute approximate surface area is 109 Å². The van der Waals surface area contributed by atoms with Crippen LogP contribution in [0.4, 0.5) is 0 Å². The Bertz CT molecular complexity index is 327. The van der Waals surface area contributed by atoms with E-state index in [-0.39, 0.29) is 5.41 Å². The Morgan fingerprint density at radius 3 is 2.59 bits per heavy atom. The summed E-state index contributed by atoms with van der Waals surface area (Å²) in [5, 5.41) is 12.3. The van der Waals surface area contributed by atoms with Crippen molar-refractivity contribution in [3.05, 3.63) is 21.9 Å². The van der Waals surface area contributed by atoms with Crippen molar-refractivity contribution in [2.45, 2.75) is 58.5 Å². The second kappa shape index (κ2) is 6.53. The average molecular weight is 255 g/mol. The predicted molar refractivity (Wildman–Crippen MR) is 75.6 cm³/mol. The molecule has 1 aromatic rings. The fraction of sp³-hybridized carbons (Fsp3) is 0.714. The zero-order chi connectivity index (χ0) is 12.9. The minimum absolute atomic E-state index is 0.255. The first kappa shape index (κ1) is 14.7. The van der Waals surface area contributed by atoms with Gasteiger partial charge in [-0.25, -0.2) is 0 Å². The van der Waals surface area contributed by atoms with Gasteiger partial charge in [-0.3, -0.25) is 0 Å². The third-order valence-electron chi connectivity index (χ3n) is 2.82. The van der Waals surface area contributed by atoms with Gasteiger partial charge < -0.3 is 10.4 Å². The maximum Gasteiger partial charge on any atom is 0.0431 e. The molecule has 1 unspecified atom stereocenters. The topological polar surface area (TPSA) is 32.3 Å². The lowest BCUT2D eigenvalue weighted by molar-refractivity contribution is 0.276. The van der Waals surface area contributed by atoms with Crippen LogP contribution in [0.3, 0.4) is 0 Å². The molecule has 17 heavy (non-hydrogen) atoms. The van der Waals surface area contributed by atoms with E-state index in [9.17, 15) is 0 Å². The highest BCUT2D eigenvalue weighted by molar-refractivity contribution is 7.12. The zero-order valence-corrected chi connectivity index (χ0v) is 12.2. The van der Waals surface area contributed by atoms with Gasteiger partial charge in [0.05, 0.1) is 0 Å². The number of aliphatic hydroxyl groups excluding tert-OH is 1. The van der Waals surface area contributed by atoms with Gasteiger partial charge in [-0.1, -0.05) is 20.8 Å². The summed E-state index contributed by atoms with van der Waals surface area (Å²) in [6.45, 7) is 10.2. The van der Waals surface area contributed by atoms with Gasteiger partial charge in [-0.15, -0.1) is 11.3 Å². The van der Waals surface area contributed by atoms with Gasteiger partial charge in [0.25, 0.3) is 0 Å². The molecule has 1 atom stereocenters. The minimum Gasteiger partial charge on any atom is -0.396 e. The van der Waals surface area contributed by atoms with Crippen molar-refractivity contribution in [2.24, 2.45) is 0 Å². The predicted octanol–water partition coefficient (Wildman–Crippen LogP) is 3.30. The highest BCUT2D eigenvalue weighted by Crippen LogP contribution is 2.29. The molecule has 0 aromatic carbocycles. The summed E-state index contributed by atoms with van der Waals surface area (Å²) in [5.74, 6) is 0. The summed E-state index contributed by atoms with van der Waals surface area (Å²) in [5.41, 5.74) is 0.255. The third-order valence-corrected chi connectivity index (χ3v) is 4.33. The van der Waals surface area contributed by atoms with Crippen LogP contribution in [0.1, 0.15) is 50.3 Å². The molecule has 0 radical (unpaired) electrons. The Hall–Kier alpha value is -0.380. The van der Waals surface area contributed by atoms with Crippen LogP contribution in [0.25, 0.3) is 0 Å². The average Bonchev–Trinajstić information content (AvgIpc) is 2.71. The molecule has 0 bridgehead atoms. The first-order chi connectivity index (χ1) is 7.93. The van der Waals surface area contributed by atoms with Gasteiger partial charge in [0.2, 0.25) is 0 Å². The summed E-state index contributed by atoms with van der Waals surface area (Å²) >= 11 is 1.89. The molecule has 1 rings (SSSR count). The van der Waals surface area contributed by atoms with E-state index in [4.69, 9.17) is 5.11 Å². The third kappa shape index (κ3) is 5.19. The Balaban J connectivity index is 2.40. The van der Waals surface area contributed by atoms with E-state index in [2.05, 4.69) is 45.1 Å². The van der Waals surface area contributed by atoms with E-state index in [0.717, 1.165) is 19.4 Å². The normalized spacial score (nSPS) is 13.9. The number of nitrogens with one attached hydrogen (secondary N) is 1.